The summed E-state index contributed by atoms with van der Waals surface area (Å²) in [5.74, 6) is -1.84. The normalized spacial score (nSPS) is 17.3. The van der Waals surface area contributed by atoms with Gasteiger partial charge in [-0.2, -0.15) is 5.26 Å². The first kappa shape index (κ1) is 27.6. The number of aliphatic hydroxyl groups excluding tert-OH is 1. The van der Waals surface area contributed by atoms with Crippen molar-refractivity contribution in [2.24, 2.45) is 11.8 Å². The summed E-state index contributed by atoms with van der Waals surface area (Å²) in [6.45, 7) is 8.52. The van der Waals surface area contributed by atoms with Crippen molar-refractivity contribution in [3.63, 3.8) is 0 Å². The molecule has 0 spiro atoms. The van der Waals surface area contributed by atoms with E-state index >= 15 is 0 Å². The highest BCUT2D eigenvalue weighted by molar-refractivity contribution is 5.98. The summed E-state index contributed by atoms with van der Waals surface area (Å²) in [7, 11) is 0. The lowest BCUT2D eigenvalue weighted by atomic mass is 9.95. The van der Waals surface area contributed by atoms with Crippen LogP contribution in [0.2, 0.25) is 0 Å². The maximum atomic E-state index is 14.2. The highest BCUT2D eigenvalue weighted by atomic mass is 16.3. The van der Waals surface area contributed by atoms with Gasteiger partial charge in [0.25, 0.3) is 5.91 Å². The molecular formula is C29H34N4O4. The molecule has 3 atom stereocenters. The molecule has 1 aliphatic heterocycles. The molecule has 0 radical (unpaired) electrons. The monoisotopic (exact) mass is 502 g/mol. The smallest absolute Gasteiger partial charge is 0.269 e. The molecule has 0 bridgehead atoms. The molecule has 3 rings (SSSR count). The molecule has 0 aliphatic carbocycles. The van der Waals surface area contributed by atoms with Gasteiger partial charge >= 0.3 is 0 Å². The van der Waals surface area contributed by atoms with Gasteiger partial charge in [0.05, 0.1) is 17.8 Å². The maximum Gasteiger partial charge on any atom is 0.269 e. The number of nitrogens with zero attached hydrogens (tertiary/aromatic N) is 4. The van der Waals surface area contributed by atoms with Crippen molar-refractivity contribution < 1.29 is 19.5 Å². The average molecular weight is 503 g/mol. The Morgan fingerprint density at radius 3 is 2.08 bits per heavy atom. The van der Waals surface area contributed by atoms with Gasteiger partial charge < -0.3 is 10.0 Å². The van der Waals surface area contributed by atoms with Crippen LogP contribution in [0.25, 0.3) is 5.70 Å². The van der Waals surface area contributed by atoms with Gasteiger partial charge in [-0.05, 0) is 17.9 Å². The van der Waals surface area contributed by atoms with E-state index in [9.17, 15) is 24.8 Å². The molecule has 0 aromatic heterocycles. The van der Waals surface area contributed by atoms with Gasteiger partial charge in [0.1, 0.15) is 6.04 Å². The fourth-order valence-corrected chi connectivity index (χ4v) is 4.56. The molecule has 0 fully saturated rings. The zero-order valence-electron chi connectivity index (χ0n) is 21.9. The van der Waals surface area contributed by atoms with Crippen molar-refractivity contribution in [2.75, 3.05) is 0 Å². The molecule has 8 nitrogen and oxygen atoms in total. The summed E-state index contributed by atoms with van der Waals surface area (Å²) >= 11 is 0. The third kappa shape index (κ3) is 5.89. The second kappa shape index (κ2) is 11.8. The highest BCUT2D eigenvalue weighted by Gasteiger charge is 2.46. The minimum atomic E-state index is -1.57. The van der Waals surface area contributed by atoms with Crippen LogP contribution in [0.4, 0.5) is 0 Å². The number of rotatable bonds is 8. The predicted octanol–water partition coefficient (Wildman–Crippen LogP) is 3.60. The largest absolute Gasteiger partial charge is 0.376 e. The highest BCUT2D eigenvalue weighted by Crippen LogP contribution is 2.34. The van der Waals surface area contributed by atoms with Crippen LogP contribution in [0.3, 0.4) is 0 Å². The van der Waals surface area contributed by atoms with Crippen molar-refractivity contribution in [2.45, 2.75) is 59.2 Å². The maximum absolute atomic E-state index is 14.2. The van der Waals surface area contributed by atoms with Crippen LogP contribution in [-0.4, -0.2) is 55.9 Å². The van der Waals surface area contributed by atoms with Crippen molar-refractivity contribution in [1.82, 2.24) is 14.9 Å². The van der Waals surface area contributed by atoms with E-state index in [1.54, 1.807) is 44.3 Å². The first-order valence-electron chi connectivity index (χ1n) is 12.4. The Morgan fingerprint density at radius 2 is 1.59 bits per heavy atom. The lowest BCUT2D eigenvalue weighted by molar-refractivity contribution is -0.169. The van der Waals surface area contributed by atoms with Gasteiger partial charge in [-0.1, -0.05) is 88.4 Å². The molecule has 2 aromatic rings. The SMILES string of the molecule is CC(=O)N([C@@H](Cc1ccccc1)C(O)C#N)N1C(=O)[C@@H](C(C)C)N(C(=O)C(C)C)C=C1c1ccccc1. The Morgan fingerprint density at radius 1 is 1.03 bits per heavy atom. The number of carbonyl (C=O) groups excluding carboxylic acids is 3. The summed E-state index contributed by atoms with van der Waals surface area (Å²) in [5, 5.41) is 22.9. The van der Waals surface area contributed by atoms with Crippen molar-refractivity contribution in [1.29, 1.82) is 5.26 Å². The van der Waals surface area contributed by atoms with Gasteiger partial charge in [-0.15, -0.1) is 0 Å². The minimum absolute atomic E-state index is 0.141. The first-order chi connectivity index (χ1) is 17.6. The molecule has 2 aromatic carbocycles. The summed E-state index contributed by atoms with van der Waals surface area (Å²) < 4.78 is 0. The van der Waals surface area contributed by atoms with E-state index < -0.39 is 30.0 Å². The summed E-state index contributed by atoms with van der Waals surface area (Å²) in [4.78, 5) is 42.1. The molecule has 8 heteroatoms. The van der Waals surface area contributed by atoms with Gasteiger partial charge in [0.2, 0.25) is 11.8 Å². The lowest BCUT2D eigenvalue weighted by Gasteiger charge is -2.47. The number of amides is 3. The second-order valence-electron chi connectivity index (χ2n) is 9.81. The number of benzene rings is 2. The molecule has 0 saturated heterocycles. The summed E-state index contributed by atoms with van der Waals surface area (Å²) in [6, 6.07) is 18.1. The average Bonchev–Trinajstić information content (AvgIpc) is 2.88. The number of hydrogen-bond donors (Lipinski definition) is 1. The molecule has 1 aliphatic rings. The Balaban J connectivity index is 2.25. The van der Waals surface area contributed by atoms with E-state index in [4.69, 9.17) is 0 Å². The van der Waals surface area contributed by atoms with Crippen molar-refractivity contribution in [3.05, 3.63) is 78.0 Å². The molecule has 1 N–H and O–H groups in total. The Labute approximate surface area is 218 Å². The van der Waals surface area contributed by atoms with Gasteiger partial charge in [-0.25, -0.2) is 10.0 Å². The molecular weight excluding hydrogens is 468 g/mol. The zero-order chi connectivity index (χ0) is 27.3. The van der Waals surface area contributed by atoms with E-state index in [1.165, 1.54) is 21.8 Å². The number of hydrogen-bond acceptors (Lipinski definition) is 5. The van der Waals surface area contributed by atoms with Crippen LogP contribution in [0, 0.1) is 23.2 Å². The van der Waals surface area contributed by atoms with E-state index in [-0.39, 0.29) is 24.2 Å². The number of hydrazine groups is 1. The third-order valence-corrected chi connectivity index (χ3v) is 6.34. The Kier molecular flexibility index (Phi) is 8.85. The topological polar surface area (TPSA) is 105 Å². The van der Waals surface area contributed by atoms with E-state index in [0.29, 0.717) is 11.3 Å². The van der Waals surface area contributed by atoms with Gasteiger partial charge in [0, 0.05) is 24.6 Å². The van der Waals surface area contributed by atoms with E-state index in [1.807, 2.05) is 56.3 Å². The fourth-order valence-electron chi connectivity index (χ4n) is 4.56. The van der Waals surface area contributed by atoms with Crippen LogP contribution >= 0.6 is 0 Å². The third-order valence-electron chi connectivity index (χ3n) is 6.34. The molecule has 37 heavy (non-hydrogen) atoms. The Hall–Kier alpha value is -3.96. The molecule has 3 amide bonds. The number of nitriles is 1. The minimum Gasteiger partial charge on any atom is -0.376 e. The Bertz CT molecular complexity index is 1190. The van der Waals surface area contributed by atoms with Crippen LogP contribution < -0.4 is 0 Å². The predicted molar refractivity (Wildman–Crippen MR) is 140 cm³/mol. The van der Waals surface area contributed by atoms with Crippen LogP contribution in [0.15, 0.2) is 66.9 Å². The molecule has 1 heterocycles. The van der Waals surface area contributed by atoms with Crippen LogP contribution in [-0.2, 0) is 20.8 Å². The summed E-state index contributed by atoms with van der Waals surface area (Å²) in [6.07, 6.45) is 0.182. The van der Waals surface area contributed by atoms with E-state index in [0.717, 1.165) is 5.56 Å². The lowest BCUT2D eigenvalue weighted by Crippen LogP contribution is -2.64. The standard InChI is InChI=1S/C29H34N4O4/c1-19(2)27-29(37)33(25(23-14-10-7-11-15-23)18-31(27)28(36)20(3)4)32(21(5)34)24(26(35)17-30)16-22-12-8-6-9-13-22/h6-15,18-20,24,26-27,35H,16H2,1-5H3/t24-,26?,27+/m0/s1. The summed E-state index contributed by atoms with van der Waals surface area (Å²) in [5.41, 5.74) is 1.71. The number of carbonyl (C=O) groups is 3. The van der Waals surface area contributed by atoms with Crippen molar-refractivity contribution in [3.8, 4) is 6.07 Å². The molecule has 0 saturated carbocycles. The number of aliphatic hydroxyl groups is 1. The second-order valence-corrected chi connectivity index (χ2v) is 9.81. The quantitative estimate of drug-likeness (QED) is 0.556. The first-order valence-corrected chi connectivity index (χ1v) is 12.4. The van der Waals surface area contributed by atoms with E-state index in [2.05, 4.69) is 0 Å². The van der Waals surface area contributed by atoms with Gasteiger partial charge in [-0.3, -0.25) is 14.4 Å². The van der Waals surface area contributed by atoms with Crippen molar-refractivity contribution >= 4 is 23.4 Å². The van der Waals surface area contributed by atoms with Crippen LogP contribution in [0.5, 0.6) is 0 Å². The van der Waals surface area contributed by atoms with Gasteiger partial charge in [0.15, 0.2) is 6.10 Å². The zero-order valence-corrected chi connectivity index (χ0v) is 21.9. The van der Waals surface area contributed by atoms with Crippen LogP contribution in [0.1, 0.15) is 45.7 Å². The molecule has 194 valence electrons. The fraction of sp³-hybridized carbons (Fsp3) is 0.379. The molecule has 1 unspecified atom stereocenters.